The van der Waals surface area contributed by atoms with E-state index in [1.165, 1.54) is 20.2 Å². The van der Waals surface area contributed by atoms with Crippen molar-refractivity contribution in [2.45, 2.75) is 13.5 Å². The number of ether oxygens (including phenoxy) is 1. The van der Waals surface area contributed by atoms with Gasteiger partial charge >= 0.3 is 0 Å². The van der Waals surface area contributed by atoms with Crippen LogP contribution in [0.25, 0.3) is 0 Å². The number of nitrogens with one attached hydrogen (secondary N) is 2. The van der Waals surface area contributed by atoms with Crippen LogP contribution in [0.5, 0.6) is 5.75 Å². The van der Waals surface area contributed by atoms with Crippen LogP contribution >= 0.6 is 11.6 Å². The second-order valence-corrected chi connectivity index (χ2v) is 5.06. The van der Waals surface area contributed by atoms with Crippen LogP contribution in [-0.4, -0.2) is 35.8 Å². The van der Waals surface area contributed by atoms with Crippen LogP contribution in [0, 0.1) is 0 Å². The molecule has 23 heavy (non-hydrogen) atoms. The summed E-state index contributed by atoms with van der Waals surface area (Å²) in [5.74, 6) is -0.438. The molecule has 0 radical (unpaired) electrons. The molecule has 8 heteroatoms. The Kier molecular flexibility index (Phi) is 5.23. The number of hydrogen-bond donors (Lipinski definition) is 2. The van der Waals surface area contributed by atoms with Crippen LogP contribution in [0.4, 0.5) is 5.69 Å². The number of halogens is 1. The monoisotopic (exact) mass is 336 g/mol. The number of amides is 2. The number of aromatic nitrogens is 2. The van der Waals surface area contributed by atoms with Crippen molar-refractivity contribution < 1.29 is 14.3 Å². The van der Waals surface area contributed by atoms with Gasteiger partial charge < -0.3 is 15.4 Å². The van der Waals surface area contributed by atoms with E-state index in [0.717, 1.165) is 0 Å². The molecule has 0 saturated carbocycles. The molecule has 2 rings (SSSR count). The first-order valence-corrected chi connectivity index (χ1v) is 7.32. The highest BCUT2D eigenvalue weighted by Gasteiger charge is 2.20. The van der Waals surface area contributed by atoms with Gasteiger partial charge in [0, 0.05) is 24.8 Å². The summed E-state index contributed by atoms with van der Waals surface area (Å²) >= 11 is 5.94. The average molecular weight is 337 g/mol. The van der Waals surface area contributed by atoms with Gasteiger partial charge in [-0.1, -0.05) is 11.6 Å². The van der Waals surface area contributed by atoms with Gasteiger partial charge in [-0.25, -0.2) is 0 Å². The largest absolute Gasteiger partial charge is 0.496 e. The molecule has 0 fully saturated rings. The van der Waals surface area contributed by atoms with E-state index < -0.39 is 5.91 Å². The molecule has 0 saturated heterocycles. The minimum Gasteiger partial charge on any atom is -0.496 e. The Morgan fingerprint density at radius 3 is 2.70 bits per heavy atom. The van der Waals surface area contributed by atoms with Gasteiger partial charge in [0.25, 0.3) is 11.8 Å². The maximum atomic E-state index is 12.5. The maximum Gasteiger partial charge on any atom is 0.273 e. The van der Waals surface area contributed by atoms with Crippen LogP contribution < -0.4 is 15.4 Å². The summed E-state index contributed by atoms with van der Waals surface area (Å²) in [6, 6.07) is 4.73. The van der Waals surface area contributed by atoms with Crippen molar-refractivity contribution in [3.63, 3.8) is 0 Å². The highest BCUT2D eigenvalue weighted by molar-refractivity contribution is 6.31. The maximum absolute atomic E-state index is 12.5. The molecule has 7 nitrogen and oxygen atoms in total. The molecule has 1 aromatic heterocycles. The van der Waals surface area contributed by atoms with Crippen LogP contribution in [-0.2, 0) is 6.54 Å². The third kappa shape index (κ3) is 3.62. The number of methoxy groups -OCH3 is 1. The molecular formula is C15H17ClN4O3. The first-order valence-electron chi connectivity index (χ1n) is 6.94. The molecule has 0 aliphatic heterocycles. The van der Waals surface area contributed by atoms with E-state index in [9.17, 15) is 9.59 Å². The topological polar surface area (TPSA) is 85.2 Å². The molecular weight excluding hydrogens is 320 g/mol. The van der Waals surface area contributed by atoms with Crippen molar-refractivity contribution in [2.24, 2.45) is 0 Å². The van der Waals surface area contributed by atoms with E-state index in [0.29, 0.717) is 23.0 Å². The summed E-state index contributed by atoms with van der Waals surface area (Å²) in [5, 5.41) is 9.72. The summed E-state index contributed by atoms with van der Waals surface area (Å²) < 4.78 is 6.73. The summed E-state index contributed by atoms with van der Waals surface area (Å²) in [6.07, 6.45) is 1.60. The van der Waals surface area contributed by atoms with Crippen LogP contribution in [0.2, 0.25) is 5.02 Å². The molecule has 0 aliphatic carbocycles. The van der Waals surface area contributed by atoms with E-state index in [-0.39, 0.29) is 17.2 Å². The fourth-order valence-corrected chi connectivity index (χ4v) is 2.18. The number of benzene rings is 1. The van der Waals surface area contributed by atoms with Crippen molar-refractivity contribution in [1.82, 2.24) is 15.1 Å². The average Bonchev–Trinajstić information content (AvgIpc) is 2.97. The van der Waals surface area contributed by atoms with Gasteiger partial charge in [0.1, 0.15) is 5.75 Å². The van der Waals surface area contributed by atoms with Crippen molar-refractivity contribution in [3.05, 3.63) is 40.7 Å². The molecule has 122 valence electrons. The summed E-state index contributed by atoms with van der Waals surface area (Å²) in [5.41, 5.74) is 0.731. The highest BCUT2D eigenvalue weighted by atomic mass is 35.5. The first-order chi connectivity index (χ1) is 11.0. The molecule has 1 heterocycles. The first kappa shape index (κ1) is 16.8. The van der Waals surface area contributed by atoms with Crippen molar-refractivity contribution in [1.29, 1.82) is 0 Å². The minimum atomic E-state index is -0.440. The van der Waals surface area contributed by atoms with E-state index >= 15 is 0 Å². The van der Waals surface area contributed by atoms with Gasteiger partial charge in [0.2, 0.25) is 0 Å². The zero-order chi connectivity index (χ0) is 17.0. The molecule has 2 aromatic rings. The van der Waals surface area contributed by atoms with Gasteiger partial charge in [0.15, 0.2) is 5.69 Å². The van der Waals surface area contributed by atoms with Crippen molar-refractivity contribution in [2.75, 3.05) is 19.5 Å². The lowest BCUT2D eigenvalue weighted by Crippen LogP contribution is -2.21. The van der Waals surface area contributed by atoms with Gasteiger partial charge in [-0.05, 0) is 25.1 Å². The predicted octanol–water partition coefficient (Wildman–Crippen LogP) is 2.18. The van der Waals surface area contributed by atoms with Gasteiger partial charge in [-0.2, -0.15) is 5.10 Å². The van der Waals surface area contributed by atoms with Gasteiger partial charge in [0.05, 0.1) is 18.4 Å². The molecule has 0 spiro atoms. The number of carbonyl (C=O) groups is 2. The Hall–Kier alpha value is -2.54. The number of carbonyl (C=O) groups excluding carboxylic acids is 2. The Balaban J connectivity index is 2.35. The lowest BCUT2D eigenvalue weighted by atomic mass is 10.2. The second-order valence-electron chi connectivity index (χ2n) is 4.62. The normalized spacial score (nSPS) is 10.3. The fraction of sp³-hybridized carbons (Fsp3) is 0.267. The zero-order valence-electron chi connectivity index (χ0n) is 13.0. The lowest BCUT2D eigenvalue weighted by Gasteiger charge is -2.09. The van der Waals surface area contributed by atoms with Crippen LogP contribution in [0.15, 0.2) is 24.4 Å². The smallest absolute Gasteiger partial charge is 0.273 e. The molecule has 0 unspecified atom stereocenters. The highest BCUT2D eigenvalue weighted by Crippen LogP contribution is 2.24. The van der Waals surface area contributed by atoms with E-state index in [1.54, 1.807) is 23.0 Å². The molecule has 0 bridgehead atoms. The number of nitrogens with zero attached hydrogens (tertiary/aromatic N) is 2. The second kappa shape index (κ2) is 7.15. The summed E-state index contributed by atoms with van der Waals surface area (Å²) in [4.78, 5) is 24.4. The standard InChI is InChI=1S/C15H17ClN4O3/c1-4-20-8-11(13(19-20)15(22)17-2)18-14(21)10-7-9(16)5-6-12(10)23-3/h5-8H,4H2,1-3H3,(H,17,22)(H,18,21). The Morgan fingerprint density at radius 2 is 2.09 bits per heavy atom. The third-order valence-corrected chi connectivity index (χ3v) is 3.42. The number of rotatable bonds is 5. The molecule has 1 aromatic carbocycles. The molecule has 2 N–H and O–H groups in total. The van der Waals surface area contributed by atoms with Crippen molar-refractivity contribution >= 4 is 29.1 Å². The molecule has 0 atom stereocenters. The fourth-order valence-electron chi connectivity index (χ4n) is 2.01. The molecule has 2 amide bonds. The SMILES string of the molecule is CCn1cc(NC(=O)c2cc(Cl)ccc2OC)c(C(=O)NC)n1. The quantitative estimate of drug-likeness (QED) is 0.876. The van der Waals surface area contributed by atoms with Gasteiger partial charge in [-0.3, -0.25) is 14.3 Å². The Morgan fingerprint density at radius 1 is 1.35 bits per heavy atom. The minimum absolute atomic E-state index is 0.142. The van der Waals surface area contributed by atoms with E-state index in [2.05, 4.69) is 15.7 Å². The van der Waals surface area contributed by atoms with Gasteiger partial charge in [-0.15, -0.1) is 0 Å². The van der Waals surface area contributed by atoms with Crippen LogP contribution in [0.1, 0.15) is 27.8 Å². The third-order valence-electron chi connectivity index (χ3n) is 3.18. The lowest BCUT2D eigenvalue weighted by molar-refractivity contribution is 0.0958. The van der Waals surface area contributed by atoms with E-state index in [1.807, 2.05) is 6.92 Å². The van der Waals surface area contributed by atoms with Crippen molar-refractivity contribution in [3.8, 4) is 5.75 Å². The summed E-state index contributed by atoms with van der Waals surface area (Å²) in [7, 11) is 2.96. The predicted molar refractivity (Wildman–Crippen MR) is 87.2 cm³/mol. The van der Waals surface area contributed by atoms with Crippen LogP contribution in [0.3, 0.4) is 0 Å². The number of aryl methyl sites for hydroxylation is 1. The number of hydrogen-bond acceptors (Lipinski definition) is 4. The van der Waals surface area contributed by atoms with E-state index in [4.69, 9.17) is 16.3 Å². The molecule has 0 aliphatic rings. The Bertz CT molecular complexity index is 742. The summed E-state index contributed by atoms with van der Waals surface area (Å²) in [6.45, 7) is 2.45. The zero-order valence-corrected chi connectivity index (χ0v) is 13.8. The Labute approximate surface area is 138 Å². The number of anilines is 1.